The summed E-state index contributed by atoms with van der Waals surface area (Å²) in [6, 6.07) is 5.44. The number of amides is 1. The highest BCUT2D eigenvalue weighted by Gasteiger charge is 2.13. The minimum atomic E-state index is -0.287. The Balaban J connectivity index is 2.48. The number of benzene rings is 1. The number of ether oxygens (including phenoxy) is 2. The number of rotatable bonds is 8. The molecule has 1 aromatic rings. The third-order valence-electron chi connectivity index (χ3n) is 3.02. The Labute approximate surface area is 120 Å². The summed E-state index contributed by atoms with van der Waals surface area (Å²) >= 11 is 0. The van der Waals surface area contributed by atoms with Crippen molar-refractivity contribution in [2.75, 3.05) is 32.7 Å². The van der Waals surface area contributed by atoms with E-state index in [0.29, 0.717) is 13.2 Å². The Morgan fingerprint density at radius 3 is 2.70 bits per heavy atom. The highest BCUT2D eigenvalue weighted by atomic mass is 16.5. The molecule has 0 aliphatic carbocycles. The second kappa shape index (κ2) is 8.43. The van der Waals surface area contributed by atoms with E-state index in [1.807, 2.05) is 32.0 Å². The van der Waals surface area contributed by atoms with Gasteiger partial charge in [0.1, 0.15) is 11.8 Å². The first kappa shape index (κ1) is 16.3. The Morgan fingerprint density at radius 2 is 2.10 bits per heavy atom. The van der Waals surface area contributed by atoms with Crippen LogP contribution in [0.2, 0.25) is 0 Å². The van der Waals surface area contributed by atoms with Crippen molar-refractivity contribution in [3.8, 4) is 5.75 Å². The summed E-state index contributed by atoms with van der Waals surface area (Å²) in [5.74, 6) is 0.793. The molecule has 0 aromatic heterocycles. The molecule has 0 saturated carbocycles. The fraction of sp³-hybridized carbons (Fsp3) is 0.533. The number of hydrogen-bond acceptors (Lipinski definition) is 4. The van der Waals surface area contributed by atoms with E-state index in [4.69, 9.17) is 9.47 Å². The minimum absolute atomic E-state index is 0.0173. The molecule has 5 nitrogen and oxygen atoms in total. The van der Waals surface area contributed by atoms with Crippen LogP contribution in [0.25, 0.3) is 0 Å². The second-order valence-electron chi connectivity index (χ2n) is 4.68. The van der Waals surface area contributed by atoms with Gasteiger partial charge < -0.3 is 20.1 Å². The summed E-state index contributed by atoms with van der Waals surface area (Å²) in [7, 11) is 3.29. The van der Waals surface area contributed by atoms with Crippen molar-refractivity contribution in [3.05, 3.63) is 23.8 Å². The SMILES string of the molecule is COCCCNC(=O)C(C)Nc1ccc(OC)cc1C. The molecule has 5 heteroatoms. The number of anilines is 1. The Morgan fingerprint density at radius 1 is 1.35 bits per heavy atom. The number of methoxy groups -OCH3 is 2. The second-order valence-corrected chi connectivity index (χ2v) is 4.68. The fourth-order valence-corrected chi connectivity index (χ4v) is 1.81. The highest BCUT2D eigenvalue weighted by molar-refractivity contribution is 5.84. The zero-order valence-electron chi connectivity index (χ0n) is 12.7. The van der Waals surface area contributed by atoms with Crippen molar-refractivity contribution in [1.29, 1.82) is 0 Å². The largest absolute Gasteiger partial charge is 0.497 e. The molecule has 1 unspecified atom stereocenters. The molecule has 0 fully saturated rings. The van der Waals surface area contributed by atoms with E-state index >= 15 is 0 Å². The molecule has 1 rings (SSSR count). The van der Waals surface area contributed by atoms with Gasteiger partial charge in [-0.15, -0.1) is 0 Å². The van der Waals surface area contributed by atoms with E-state index in [1.165, 1.54) is 0 Å². The van der Waals surface area contributed by atoms with Crippen LogP contribution in [0.3, 0.4) is 0 Å². The topological polar surface area (TPSA) is 59.6 Å². The lowest BCUT2D eigenvalue weighted by Crippen LogP contribution is -2.38. The van der Waals surface area contributed by atoms with Gasteiger partial charge in [0.25, 0.3) is 0 Å². The van der Waals surface area contributed by atoms with Gasteiger partial charge in [-0.3, -0.25) is 4.79 Å². The highest BCUT2D eigenvalue weighted by Crippen LogP contribution is 2.21. The van der Waals surface area contributed by atoms with E-state index in [1.54, 1.807) is 14.2 Å². The molecule has 2 N–H and O–H groups in total. The third-order valence-corrected chi connectivity index (χ3v) is 3.02. The van der Waals surface area contributed by atoms with Gasteiger partial charge >= 0.3 is 0 Å². The standard InChI is InChI=1S/C15H24N2O3/c1-11-10-13(20-4)6-7-14(11)17-12(2)15(18)16-8-5-9-19-3/h6-7,10,12,17H,5,8-9H2,1-4H3,(H,16,18). The van der Waals surface area contributed by atoms with Gasteiger partial charge in [-0.1, -0.05) is 0 Å². The summed E-state index contributed by atoms with van der Waals surface area (Å²) in [5, 5.41) is 6.08. The van der Waals surface area contributed by atoms with Crippen molar-refractivity contribution in [1.82, 2.24) is 5.32 Å². The molecule has 1 atom stereocenters. The Hall–Kier alpha value is -1.75. The van der Waals surface area contributed by atoms with Gasteiger partial charge in [-0.2, -0.15) is 0 Å². The molecule has 112 valence electrons. The maximum absolute atomic E-state index is 11.9. The average molecular weight is 280 g/mol. The quantitative estimate of drug-likeness (QED) is 0.715. The molecule has 1 amide bonds. The number of aryl methyl sites for hydroxylation is 1. The molecule has 0 aliphatic rings. The van der Waals surface area contributed by atoms with Crippen LogP contribution in [-0.4, -0.2) is 39.3 Å². The van der Waals surface area contributed by atoms with E-state index in [2.05, 4.69) is 10.6 Å². The van der Waals surface area contributed by atoms with Crippen LogP contribution in [0.5, 0.6) is 5.75 Å². The molecule has 0 bridgehead atoms. The number of hydrogen-bond donors (Lipinski definition) is 2. The summed E-state index contributed by atoms with van der Waals surface area (Å²) < 4.78 is 10.1. The maximum Gasteiger partial charge on any atom is 0.242 e. The summed E-state index contributed by atoms with van der Waals surface area (Å²) in [5.41, 5.74) is 1.98. The van der Waals surface area contributed by atoms with Gasteiger partial charge in [0.2, 0.25) is 5.91 Å². The van der Waals surface area contributed by atoms with Crippen LogP contribution in [-0.2, 0) is 9.53 Å². The van der Waals surface area contributed by atoms with Gasteiger partial charge in [0.05, 0.1) is 7.11 Å². The van der Waals surface area contributed by atoms with Crippen LogP contribution in [0.4, 0.5) is 5.69 Å². The lowest BCUT2D eigenvalue weighted by Gasteiger charge is -2.17. The van der Waals surface area contributed by atoms with Crippen LogP contribution in [0, 0.1) is 6.92 Å². The van der Waals surface area contributed by atoms with Crippen molar-refractivity contribution in [3.63, 3.8) is 0 Å². The van der Waals surface area contributed by atoms with E-state index in [-0.39, 0.29) is 11.9 Å². The molecule has 0 heterocycles. The first-order valence-electron chi connectivity index (χ1n) is 6.76. The molecule has 0 radical (unpaired) electrons. The van der Waals surface area contributed by atoms with Crippen molar-refractivity contribution in [2.24, 2.45) is 0 Å². The molecule has 0 saturated heterocycles. The molecule has 20 heavy (non-hydrogen) atoms. The van der Waals surface area contributed by atoms with Crippen molar-refractivity contribution >= 4 is 11.6 Å². The monoisotopic (exact) mass is 280 g/mol. The van der Waals surface area contributed by atoms with Crippen LogP contribution in [0.15, 0.2) is 18.2 Å². The van der Waals surface area contributed by atoms with Gasteiger partial charge in [0, 0.05) is 25.9 Å². The maximum atomic E-state index is 11.9. The normalized spacial score (nSPS) is 11.8. The van der Waals surface area contributed by atoms with E-state index < -0.39 is 0 Å². The fourth-order valence-electron chi connectivity index (χ4n) is 1.81. The van der Waals surface area contributed by atoms with Crippen LogP contribution < -0.4 is 15.4 Å². The number of nitrogens with one attached hydrogen (secondary N) is 2. The molecular weight excluding hydrogens is 256 g/mol. The molecule has 0 aliphatic heterocycles. The van der Waals surface area contributed by atoms with Crippen molar-refractivity contribution in [2.45, 2.75) is 26.3 Å². The zero-order chi connectivity index (χ0) is 15.0. The molecule has 1 aromatic carbocycles. The van der Waals surface area contributed by atoms with Gasteiger partial charge in [0.15, 0.2) is 0 Å². The van der Waals surface area contributed by atoms with E-state index in [9.17, 15) is 4.79 Å². The Kier molecular flexibility index (Phi) is 6.87. The summed E-state index contributed by atoms with van der Waals surface area (Å²) in [6.45, 7) is 5.10. The van der Waals surface area contributed by atoms with Gasteiger partial charge in [-0.25, -0.2) is 0 Å². The lowest BCUT2D eigenvalue weighted by atomic mass is 10.1. The average Bonchev–Trinajstić information content (AvgIpc) is 2.45. The van der Waals surface area contributed by atoms with Gasteiger partial charge in [-0.05, 0) is 44.0 Å². The minimum Gasteiger partial charge on any atom is -0.497 e. The smallest absolute Gasteiger partial charge is 0.242 e. The first-order chi connectivity index (χ1) is 9.58. The molecule has 0 spiro atoms. The van der Waals surface area contributed by atoms with E-state index in [0.717, 1.165) is 23.4 Å². The van der Waals surface area contributed by atoms with Crippen LogP contribution >= 0.6 is 0 Å². The van der Waals surface area contributed by atoms with Crippen molar-refractivity contribution < 1.29 is 14.3 Å². The summed E-state index contributed by atoms with van der Waals surface area (Å²) in [6.07, 6.45) is 0.816. The third kappa shape index (κ3) is 5.09. The lowest BCUT2D eigenvalue weighted by molar-refractivity contribution is -0.121. The summed E-state index contributed by atoms with van der Waals surface area (Å²) in [4.78, 5) is 11.9. The number of carbonyl (C=O) groups excluding carboxylic acids is 1. The van der Waals surface area contributed by atoms with Crippen LogP contribution in [0.1, 0.15) is 18.9 Å². The predicted molar refractivity (Wildman–Crippen MR) is 80.3 cm³/mol. The molecular formula is C15H24N2O3. The number of carbonyl (C=O) groups is 1. The predicted octanol–water partition coefficient (Wildman–Crippen LogP) is 1.96. The Bertz CT molecular complexity index is 435. The first-order valence-corrected chi connectivity index (χ1v) is 6.76. The zero-order valence-corrected chi connectivity index (χ0v) is 12.7.